The molecule has 0 radical (unpaired) electrons. The van der Waals surface area contributed by atoms with Gasteiger partial charge in [0.05, 0.1) is 13.1 Å². The molecule has 0 aromatic heterocycles. The molecule has 0 bridgehead atoms. The molecule has 0 spiro atoms. The number of carbonyl (C=O) groups is 2. The summed E-state index contributed by atoms with van der Waals surface area (Å²) in [6, 6.07) is 0.236. The van der Waals surface area contributed by atoms with Crippen molar-refractivity contribution in [3.8, 4) is 0 Å². The van der Waals surface area contributed by atoms with E-state index in [2.05, 4.69) is 19.2 Å². The average molecular weight is 284 g/mol. The fourth-order valence-electron chi connectivity index (χ4n) is 2.96. The van der Waals surface area contributed by atoms with Gasteiger partial charge in [0.25, 0.3) is 0 Å². The molecule has 1 saturated carbocycles. The van der Waals surface area contributed by atoms with Gasteiger partial charge in [0.1, 0.15) is 0 Å². The topological polar surface area (TPSA) is 69.6 Å². The molecule has 1 aliphatic rings. The summed E-state index contributed by atoms with van der Waals surface area (Å²) >= 11 is 0. The van der Waals surface area contributed by atoms with Gasteiger partial charge in [-0.1, -0.05) is 33.6 Å². The zero-order valence-corrected chi connectivity index (χ0v) is 12.9. The van der Waals surface area contributed by atoms with E-state index >= 15 is 0 Å². The molecule has 1 fully saturated rings. The summed E-state index contributed by atoms with van der Waals surface area (Å²) in [5, 5.41) is 11.9. The van der Waals surface area contributed by atoms with Crippen LogP contribution >= 0.6 is 0 Å². The largest absolute Gasteiger partial charge is 0.480 e. The minimum Gasteiger partial charge on any atom is -0.480 e. The Labute approximate surface area is 121 Å². The molecule has 5 nitrogen and oxygen atoms in total. The summed E-state index contributed by atoms with van der Waals surface area (Å²) in [7, 11) is 0. The van der Waals surface area contributed by atoms with Gasteiger partial charge in [-0.25, -0.2) is 0 Å². The molecule has 0 aliphatic heterocycles. The van der Waals surface area contributed by atoms with Crippen molar-refractivity contribution in [2.24, 2.45) is 11.8 Å². The van der Waals surface area contributed by atoms with E-state index in [0.717, 1.165) is 19.3 Å². The number of carboxylic acid groups (broad SMARTS) is 1. The number of rotatable bonds is 7. The van der Waals surface area contributed by atoms with Crippen molar-refractivity contribution in [1.82, 2.24) is 10.2 Å². The second-order valence-corrected chi connectivity index (χ2v) is 6.05. The second-order valence-electron chi connectivity index (χ2n) is 6.05. The Morgan fingerprint density at radius 3 is 2.55 bits per heavy atom. The number of nitrogens with one attached hydrogen (secondary N) is 1. The summed E-state index contributed by atoms with van der Waals surface area (Å²) < 4.78 is 0. The number of carbonyl (C=O) groups excluding carboxylic acids is 1. The van der Waals surface area contributed by atoms with Crippen molar-refractivity contribution in [2.75, 3.05) is 19.6 Å². The van der Waals surface area contributed by atoms with Gasteiger partial charge in [-0.2, -0.15) is 0 Å². The highest BCUT2D eigenvalue weighted by atomic mass is 16.4. The van der Waals surface area contributed by atoms with Gasteiger partial charge in [-0.05, 0) is 31.2 Å². The lowest BCUT2D eigenvalue weighted by molar-refractivity contribution is -0.138. The van der Waals surface area contributed by atoms with Crippen molar-refractivity contribution < 1.29 is 14.7 Å². The van der Waals surface area contributed by atoms with Gasteiger partial charge >= 0.3 is 5.97 Å². The van der Waals surface area contributed by atoms with Gasteiger partial charge in [-0.15, -0.1) is 0 Å². The molecule has 0 aromatic rings. The fraction of sp³-hybridized carbons (Fsp3) is 0.867. The minimum absolute atomic E-state index is 0.0503. The maximum atomic E-state index is 12.1. The molecule has 2 N–H and O–H groups in total. The lowest BCUT2D eigenvalue weighted by atomic mass is 9.78. The Hall–Kier alpha value is -1.10. The molecule has 1 amide bonds. The molecular formula is C15H28N2O3. The summed E-state index contributed by atoms with van der Waals surface area (Å²) in [6.45, 7) is 7.15. The van der Waals surface area contributed by atoms with Crippen molar-refractivity contribution in [2.45, 2.75) is 52.5 Å². The maximum Gasteiger partial charge on any atom is 0.317 e. The number of hydrogen-bond donors (Lipinski definition) is 2. The van der Waals surface area contributed by atoms with Crippen LogP contribution in [-0.2, 0) is 9.59 Å². The standard InChI is InChI=1S/C15H28N2O3/c1-4-8-17(10-15(19)20)9-14(18)16-13-7-5-6-11(2)12(13)3/h11-13H,4-10H2,1-3H3,(H,16,18)(H,19,20)/t11-,12-,13-/m1/s1. The van der Waals surface area contributed by atoms with E-state index in [0.29, 0.717) is 18.4 Å². The third-order valence-electron chi connectivity index (χ3n) is 4.32. The highest BCUT2D eigenvalue weighted by molar-refractivity contribution is 5.79. The predicted octanol–water partition coefficient (Wildman–Crippen LogP) is 1.72. The van der Waals surface area contributed by atoms with Crippen LogP contribution in [0.1, 0.15) is 46.5 Å². The molecular weight excluding hydrogens is 256 g/mol. The average Bonchev–Trinajstić information content (AvgIpc) is 2.34. The Bertz CT molecular complexity index is 333. The van der Waals surface area contributed by atoms with E-state index < -0.39 is 5.97 Å². The highest BCUT2D eigenvalue weighted by Crippen LogP contribution is 2.29. The quantitative estimate of drug-likeness (QED) is 0.747. The molecule has 3 atom stereocenters. The van der Waals surface area contributed by atoms with Gasteiger partial charge in [0, 0.05) is 6.04 Å². The van der Waals surface area contributed by atoms with Crippen molar-refractivity contribution >= 4 is 11.9 Å². The Morgan fingerprint density at radius 2 is 1.95 bits per heavy atom. The molecule has 20 heavy (non-hydrogen) atoms. The van der Waals surface area contributed by atoms with Crippen LogP contribution in [0.25, 0.3) is 0 Å². The van der Waals surface area contributed by atoms with Crippen molar-refractivity contribution in [1.29, 1.82) is 0 Å². The molecule has 0 unspecified atom stereocenters. The molecule has 1 rings (SSSR count). The second kappa shape index (κ2) is 8.25. The van der Waals surface area contributed by atoms with E-state index in [1.807, 2.05) is 6.92 Å². The first-order valence-corrected chi connectivity index (χ1v) is 7.67. The number of amides is 1. The first kappa shape index (κ1) is 17.0. The van der Waals surface area contributed by atoms with Crippen LogP contribution in [0.15, 0.2) is 0 Å². The van der Waals surface area contributed by atoms with Gasteiger partial charge in [-0.3, -0.25) is 14.5 Å². The van der Waals surface area contributed by atoms with Crippen LogP contribution in [0.5, 0.6) is 0 Å². The van der Waals surface area contributed by atoms with Gasteiger partial charge < -0.3 is 10.4 Å². The number of hydrogen-bond acceptors (Lipinski definition) is 3. The van der Waals surface area contributed by atoms with Crippen LogP contribution in [0.4, 0.5) is 0 Å². The first-order chi connectivity index (χ1) is 9.43. The third kappa shape index (κ3) is 5.49. The first-order valence-electron chi connectivity index (χ1n) is 7.67. The molecule has 0 heterocycles. The highest BCUT2D eigenvalue weighted by Gasteiger charge is 2.28. The maximum absolute atomic E-state index is 12.1. The predicted molar refractivity (Wildman–Crippen MR) is 78.5 cm³/mol. The number of aliphatic carboxylic acids is 1. The van der Waals surface area contributed by atoms with Crippen LogP contribution in [0, 0.1) is 11.8 Å². The molecule has 5 heteroatoms. The van der Waals surface area contributed by atoms with E-state index in [1.165, 1.54) is 6.42 Å². The van der Waals surface area contributed by atoms with Crippen LogP contribution in [0.2, 0.25) is 0 Å². The van der Waals surface area contributed by atoms with Crippen LogP contribution < -0.4 is 5.32 Å². The van der Waals surface area contributed by atoms with Crippen LogP contribution in [-0.4, -0.2) is 47.6 Å². The molecule has 1 aliphatic carbocycles. The van der Waals surface area contributed by atoms with Crippen molar-refractivity contribution in [3.63, 3.8) is 0 Å². The van der Waals surface area contributed by atoms with Gasteiger partial charge in [0.2, 0.25) is 5.91 Å². The molecule has 0 saturated heterocycles. The van der Waals surface area contributed by atoms with E-state index in [-0.39, 0.29) is 25.0 Å². The van der Waals surface area contributed by atoms with E-state index in [1.54, 1.807) is 4.90 Å². The summed E-state index contributed by atoms with van der Waals surface area (Å²) in [5.74, 6) is 0.197. The number of carboxylic acids is 1. The summed E-state index contributed by atoms with van der Waals surface area (Å²) in [4.78, 5) is 24.6. The lowest BCUT2D eigenvalue weighted by Crippen LogP contribution is -2.48. The zero-order valence-electron chi connectivity index (χ0n) is 12.9. The van der Waals surface area contributed by atoms with Gasteiger partial charge in [0.15, 0.2) is 0 Å². The summed E-state index contributed by atoms with van der Waals surface area (Å²) in [6.07, 6.45) is 4.26. The van der Waals surface area contributed by atoms with Crippen molar-refractivity contribution in [3.05, 3.63) is 0 Å². The smallest absolute Gasteiger partial charge is 0.317 e. The lowest BCUT2D eigenvalue weighted by Gasteiger charge is -2.35. The van der Waals surface area contributed by atoms with E-state index in [9.17, 15) is 9.59 Å². The third-order valence-corrected chi connectivity index (χ3v) is 4.32. The Morgan fingerprint density at radius 1 is 1.25 bits per heavy atom. The SMILES string of the molecule is CCCN(CC(=O)O)CC(=O)N[C@@H]1CCC[C@@H](C)[C@H]1C. The fourth-order valence-corrected chi connectivity index (χ4v) is 2.96. The van der Waals surface area contributed by atoms with E-state index in [4.69, 9.17) is 5.11 Å². The zero-order chi connectivity index (χ0) is 15.1. The summed E-state index contributed by atoms with van der Waals surface area (Å²) in [5.41, 5.74) is 0. The number of nitrogens with zero attached hydrogens (tertiary/aromatic N) is 1. The Balaban J connectivity index is 2.46. The molecule has 116 valence electrons. The Kier molecular flexibility index (Phi) is 6.99. The molecule has 0 aromatic carbocycles. The minimum atomic E-state index is -0.883. The normalized spacial score (nSPS) is 26.5. The monoisotopic (exact) mass is 284 g/mol. The van der Waals surface area contributed by atoms with Crippen LogP contribution in [0.3, 0.4) is 0 Å².